The van der Waals surface area contributed by atoms with Gasteiger partial charge in [-0.1, -0.05) is 0 Å². The van der Waals surface area contributed by atoms with Gasteiger partial charge in [-0.2, -0.15) is 12.6 Å². The van der Waals surface area contributed by atoms with Gasteiger partial charge in [-0.3, -0.25) is 43.2 Å². The zero-order valence-corrected chi connectivity index (χ0v) is 33.3. The maximum absolute atomic E-state index is 14.1. The van der Waals surface area contributed by atoms with E-state index in [1.807, 2.05) is 0 Å². The van der Waals surface area contributed by atoms with Crippen LogP contribution in [0.2, 0.25) is 0 Å². The van der Waals surface area contributed by atoms with E-state index in [0.717, 1.165) is 6.42 Å². The predicted molar refractivity (Wildman–Crippen MR) is 205 cm³/mol. The highest BCUT2D eigenvalue weighted by Gasteiger charge is 2.46. The molecule has 0 saturated carbocycles. The monoisotopic (exact) mass is 840 g/mol. The largest absolute Gasteiger partial charge is 0.394 e. The fourth-order valence-electron chi connectivity index (χ4n) is 7.67. The SMILES string of the molecule is C[C@H](NC(=O)[C@H](CO)NC(=O)[C@H](CO)NC(=O)[C@@H]1CCCN1)C(=O)N1CCC[C@H]1C(=O)N1CCC[C@H]1C(=O)N1CCC[C@H]1C(=O)N[C@@H](CO)C(=O)N[C@@H](CS)C(N)=O. The van der Waals surface area contributed by atoms with E-state index < -0.39 is 127 Å². The van der Waals surface area contributed by atoms with Crippen LogP contribution < -0.4 is 37.6 Å². The van der Waals surface area contributed by atoms with Gasteiger partial charge in [-0.25, -0.2) is 0 Å². The Bertz CT molecular complexity index is 1570. The topological polar surface area (TPSA) is 322 Å². The fraction of sp³-hybridized carbons (Fsp3) is 0.743. The number of primary amides is 1. The normalized spacial score (nSPS) is 24.3. The standard InChI is InChI=1S/C35H56N10O12S/c1-18(38-29(51)20(14-46)40-30(52)21(15-47)39-28(50)19-6-2-10-37-19)33(55)44-12-4-8-25(44)35(57)45-13-5-9-26(45)34(56)43-11-3-7-24(43)32(54)41-22(16-48)31(53)42-23(17-58)27(36)49/h18-26,37,46-48,58H,2-17H2,1H3,(H2,36,49)(H,38,51)(H,39,50)(H,40,52)(H,41,54)(H,42,53)/t18-,19-,20-,21-,22-,23-,24-,25-,26-/m0/s1. The number of thiol groups is 1. The molecule has 0 radical (unpaired) electrons. The van der Waals surface area contributed by atoms with Crippen LogP contribution in [0, 0.1) is 0 Å². The molecule has 11 N–H and O–H groups in total. The molecule has 0 bridgehead atoms. The number of nitrogens with zero attached hydrogens (tertiary/aromatic N) is 3. The summed E-state index contributed by atoms with van der Waals surface area (Å²) in [5, 5.41) is 44.3. The third-order valence-electron chi connectivity index (χ3n) is 10.9. The Morgan fingerprint density at radius 1 is 0.621 bits per heavy atom. The van der Waals surface area contributed by atoms with Crippen LogP contribution in [0.25, 0.3) is 0 Å². The van der Waals surface area contributed by atoms with Gasteiger partial charge in [0.15, 0.2) is 0 Å². The van der Waals surface area contributed by atoms with Crippen LogP contribution in [-0.2, 0) is 43.2 Å². The van der Waals surface area contributed by atoms with Crippen LogP contribution in [0.3, 0.4) is 0 Å². The number of likely N-dealkylation sites (tertiary alicyclic amines) is 3. The number of hydrogen-bond acceptors (Lipinski definition) is 14. The van der Waals surface area contributed by atoms with Crippen LogP contribution in [0.4, 0.5) is 0 Å². The van der Waals surface area contributed by atoms with Crippen molar-refractivity contribution in [1.82, 2.24) is 46.6 Å². The molecule has 4 saturated heterocycles. The lowest BCUT2D eigenvalue weighted by molar-refractivity contribution is -0.151. The third kappa shape index (κ3) is 11.1. The van der Waals surface area contributed by atoms with Crippen molar-refractivity contribution in [3.63, 3.8) is 0 Å². The molecule has 9 amide bonds. The summed E-state index contributed by atoms with van der Waals surface area (Å²) in [5.74, 6) is -6.47. The molecular formula is C35H56N10O12S. The van der Waals surface area contributed by atoms with Gasteiger partial charge in [-0.05, 0) is 64.8 Å². The summed E-state index contributed by atoms with van der Waals surface area (Å²) in [7, 11) is 0. The van der Waals surface area contributed by atoms with Crippen molar-refractivity contribution in [3.8, 4) is 0 Å². The van der Waals surface area contributed by atoms with Crippen LogP contribution >= 0.6 is 12.6 Å². The van der Waals surface area contributed by atoms with Gasteiger partial charge >= 0.3 is 0 Å². The average Bonchev–Trinajstić information content (AvgIpc) is 4.06. The smallest absolute Gasteiger partial charge is 0.246 e. The van der Waals surface area contributed by atoms with Gasteiger partial charge in [0.05, 0.1) is 25.9 Å². The lowest BCUT2D eigenvalue weighted by Crippen LogP contribution is -2.60. The number of nitrogens with one attached hydrogen (secondary N) is 6. The molecule has 0 aromatic heterocycles. The molecule has 4 aliphatic rings. The molecule has 22 nitrogen and oxygen atoms in total. The lowest BCUT2D eigenvalue weighted by Gasteiger charge is -2.35. The Labute approximate surface area is 340 Å². The zero-order valence-electron chi connectivity index (χ0n) is 32.4. The van der Waals surface area contributed by atoms with Crippen molar-refractivity contribution in [3.05, 3.63) is 0 Å². The molecule has 9 atom stereocenters. The minimum Gasteiger partial charge on any atom is -0.394 e. The summed E-state index contributed by atoms with van der Waals surface area (Å²) in [6.45, 7) is 0.156. The summed E-state index contributed by atoms with van der Waals surface area (Å²) >= 11 is 3.97. The van der Waals surface area contributed by atoms with Crippen LogP contribution in [-0.4, -0.2) is 189 Å². The maximum atomic E-state index is 14.1. The van der Waals surface area contributed by atoms with E-state index in [4.69, 9.17) is 5.73 Å². The molecule has 0 unspecified atom stereocenters. The van der Waals surface area contributed by atoms with E-state index in [-0.39, 0.29) is 38.2 Å². The summed E-state index contributed by atoms with van der Waals surface area (Å²) < 4.78 is 0. The van der Waals surface area contributed by atoms with E-state index in [0.29, 0.717) is 38.6 Å². The Morgan fingerprint density at radius 2 is 1.07 bits per heavy atom. The average molecular weight is 841 g/mol. The van der Waals surface area contributed by atoms with Gasteiger partial charge < -0.3 is 67.7 Å². The molecular weight excluding hydrogens is 785 g/mol. The highest BCUT2D eigenvalue weighted by atomic mass is 32.1. The van der Waals surface area contributed by atoms with Crippen molar-refractivity contribution in [2.45, 2.75) is 113 Å². The minimum absolute atomic E-state index is 0.112. The van der Waals surface area contributed by atoms with E-state index in [1.165, 1.54) is 21.6 Å². The number of aliphatic hydroxyl groups is 3. The quantitative estimate of drug-likeness (QED) is 0.0573. The number of nitrogens with two attached hydrogens (primary N) is 1. The second-order valence-corrected chi connectivity index (χ2v) is 15.2. The van der Waals surface area contributed by atoms with Crippen LogP contribution in [0.15, 0.2) is 0 Å². The Kier molecular flexibility index (Phi) is 17.0. The Hall–Kier alpha value is -4.58. The van der Waals surface area contributed by atoms with Crippen molar-refractivity contribution in [2.75, 3.05) is 51.8 Å². The Balaban J connectivity index is 1.34. The first-order valence-corrected chi connectivity index (χ1v) is 20.2. The number of rotatable bonds is 18. The van der Waals surface area contributed by atoms with Crippen molar-refractivity contribution < 1.29 is 58.5 Å². The number of amides is 9. The molecule has 23 heteroatoms. The predicted octanol–water partition coefficient (Wildman–Crippen LogP) is -6.45. The van der Waals surface area contributed by atoms with Crippen molar-refractivity contribution in [2.24, 2.45) is 5.73 Å². The molecule has 4 aliphatic heterocycles. The van der Waals surface area contributed by atoms with E-state index >= 15 is 0 Å². The molecule has 0 spiro atoms. The van der Waals surface area contributed by atoms with Crippen LogP contribution in [0.5, 0.6) is 0 Å². The first kappa shape index (κ1) is 46.1. The van der Waals surface area contributed by atoms with Gasteiger partial charge in [0.2, 0.25) is 53.2 Å². The molecule has 324 valence electrons. The third-order valence-corrected chi connectivity index (χ3v) is 11.2. The highest BCUT2D eigenvalue weighted by Crippen LogP contribution is 2.29. The lowest BCUT2D eigenvalue weighted by atomic mass is 10.1. The number of carbonyl (C=O) groups is 9. The van der Waals surface area contributed by atoms with Crippen LogP contribution in [0.1, 0.15) is 58.3 Å². The number of hydrogen-bond donors (Lipinski definition) is 11. The maximum Gasteiger partial charge on any atom is 0.246 e. The molecule has 4 heterocycles. The molecule has 0 aliphatic carbocycles. The summed E-state index contributed by atoms with van der Waals surface area (Å²) in [6.07, 6.45) is 3.55. The second kappa shape index (κ2) is 21.4. The van der Waals surface area contributed by atoms with Gasteiger partial charge in [0, 0.05) is 25.4 Å². The first-order chi connectivity index (χ1) is 27.7. The molecule has 4 fully saturated rings. The minimum atomic E-state index is -1.54. The molecule has 58 heavy (non-hydrogen) atoms. The van der Waals surface area contributed by atoms with Gasteiger partial charge in [0.25, 0.3) is 0 Å². The van der Waals surface area contributed by atoms with Crippen molar-refractivity contribution >= 4 is 65.8 Å². The summed E-state index contributed by atoms with van der Waals surface area (Å²) in [4.78, 5) is 122. The summed E-state index contributed by atoms with van der Waals surface area (Å²) in [5.41, 5.74) is 5.24. The first-order valence-electron chi connectivity index (χ1n) is 19.6. The van der Waals surface area contributed by atoms with Gasteiger partial charge in [-0.15, -0.1) is 0 Å². The molecule has 0 aromatic carbocycles. The van der Waals surface area contributed by atoms with Gasteiger partial charge in [0.1, 0.15) is 48.3 Å². The van der Waals surface area contributed by atoms with E-state index in [9.17, 15) is 58.5 Å². The van der Waals surface area contributed by atoms with E-state index in [2.05, 4.69) is 44.5 Å². The number of carbonyl (C=O) groups excluding carboxylic acids is 9. The molecule has 0 aromatic rings. The fourth-order valence-corrected chi connectivity index (χ4v) is 7.94. The highest BCUT2D eigenvalue weighted by molar-refractivity contribution is 7.80. The number of aliphatic hydroxyl groups excluding tert-OH is 3. The second-order valence-electron chi connectivity index (χ2n) is 14.8. The van der Waals surface area contributed by atoms with Crippen molar-refractivity contribution in [1.29, 1.82) is 0 Å². The molecule has 4 rings (SSSR count). The Morgan fingerprint density at radius 3 is 1.57 bits per heavy atom. The summed E-state index contributed by atoms with van der Waals surface area (Å²) in [6, 6.07) is -10.2. The zero-order chi connectivity index (χ0) is 42.7. The van der Waals surface area contributed by atoms with E-state index in [1.54, 1.807) is 0 Å².